The summed E-state index contributed by atoms with van der Waals surface area (Å²) in [5.41, 5.74) is 3.20. The second kappa shape index (κ2) is 15.0. The van der Waals surface area contributed by atoms with Crippen molar-refractivity contribution < 1.29 is 28.4 Å². The number of aromatic nitrogens is 4. The third kappa shape index (κ3) is 7.60. The van der Waals surface area contributed by atoms with Crippen LogP contribution in [0.5, 0.6) is 0 Å². The van der Waals surface area contributed by atoms with Crippen molar-refractivity contribution in [2.24, 2.45) is 7.05 Å². The molecular weight excluding hydrogens is 590 g/mol. The minimum absolute atomic E-state index is 0.0297. The molecule has 5 rings (SSSR count). The van der Waals surface area contributed by atoms with Gasteiger partial charge in [0.2, 0.25) is 0 Å². The number of nitrogens with zero attached hydrogens (tertiary/aromatic N) is 5. The number of hydrogen-bond acceptors (Lipinski definition) is 10. The van der Waals surface area contributed by atoms with E-state index in [0.29, 0.717) is 41.0 Å². The molecule has 0 fully saturated rings. The molecule has 0 saturated heterocycles. The van der Waals surface area contributed by atoms with Crippen molar-refractivity contribution in [3.63, 3.8) is 0 Å². The van der Waals surface area contributed by atoms with E-state index in [1.165, 1.54) is 12.0 Å². The predicted octanol–water partition coefficient (Wildman–Crippen LogP) is 6.06. The zero-order chi connectivity index (χ0) is 32.5. The zero-order valence-corrected chi connectivity index (χ0v) is 26.1. The lowest BCUT2D eigenvalue weighted by Crippen LogP contribution is -2.33. The molecule has 13 heteroatoms. The number of rotatable bonds is 14. The normalized spacial score (nSPS) is 11.0. The van der Waals surface area contributed by atoms with Gasteiger partial charge in [-0.2, -0.15) is 0 Å². The molecular formula is C33H37N7O6. The van der Waals surface area contributed by atoms with Crippen LogP contribution >= 0.6 is 0 Å². The molecule has 0 bridgehead atoms. The fourth-order valence-electron chi connectivity index (χ4n) is 4.98. The van der Waals surface area contributed by atoms with Crippen LogP contribution in [0.3, 0.4) is 0 Å². The highest BCUT2D eigenvalue weighted by atomic mass is 16.5. The van der Waals surface area contributed by atoms with E-state index < -0.39 is 12.1 Å². The van der Waals surface area contributed by atoms with Gasteiger partial charge < -0.3 is 23.9 Å². The van der Waals surface area contributed by atoms with E-state index in [1.54, 1.807) is 42.6 Å². The first-order valence-corrected chi connectivity index (χ1v) is 15.2. The van der Waals surface area contributed by atoms with Gasteiger partial charge in [0.15, 0.2) is 11.4 Å². The summed E-state index contributed by atoms with van der Waals surface area (Å²) in [5.74, 6) is 0.731. The number of pyridine rings is 1. The minimum Gasteiger partial charge on any atom is -0.469 e. The van der Waals surface area contributed by atoms with Crippen LogP contribution in [-0.4, -0.2) is 57.9 Å². The molecule has 2 amide bonds. The molecule has 0 aliphatic rings. The van der Waals surface area contributed by atoms with E-state index in [0.717, 1.165) is 42.7 Å². The Morgan fingerprint density at radius 1 is 1.04 bits per heavy atom. The quantitative estimate of drug-likeness (QED) is 0.110. The van der Waals surface area contributed by atoms with Gasteiger partial charge in [-0.25, -0.2) is 14.8 Å². The van der Waals surface area contributed by atoms with Gasteiger partial charge in [0.25, 0.3) is 5.91 Å². The lowest BCUT2D eigenvalue weighted by atomic mass is 10.1. The Kier molecular flexibility index (Phi) is 10.4. The number of amides is 2. The van der Waals surface area contributed by atoms with E-state index in [9.17, 15) is 14.4 Å². The summed E-state index contributed by atoms with van der Waals surface area (Å²) in [6.45, 7) is 2.97. The number of esters is 1. The van der Waals surface area contributed by atoms with Crippen molar-refractivity contribution in [2.75, 3.05) is 35.8 Å². The van der Waals surface area contributed by atoms with Gasteiger partial charge in [-0.3, -0.25) is 19.8 Å². The van der Waals surface area contributed by atoms with Crippen LogP contribution in [0.15, 0.2) is 65.3 Å². The van der Waals surface area contributed by atoms with Gasteiger partial charge in [0.05, 0.1) is 43.1 Å². The van der Waals surface area contributed by atoms with E-state index in [2.05, 4.69) is 27.7 Å². The Hall–Kier alpha value is -5.46. The average molecular weight is 628 g/mol. The first kappa shape index (κ1) is 31.9. The maximum atomic E-state index is 13.6. The van der Waals surface area contributed by atoms with Crippen LogP contribution in [0.2, 0.25) is 0 Å². The minimum atomic E-state index is -0.575. The molecule has 13 nitrogen and oxygen atoms in total. The molecule has 0 unspecified atom stereocenters. The monoisotopic (exact) mass is 627 g/mol. The van der Waals surface area contributed by atoms with Crippen molar-refractivity contribution >= 4 is 57.3 Å². The standard InChI is InChI=1S/C33H37N7O6/c1-4-5-6-9-18-45-33(43)37-31-24-20-23(12-14-27(24)46-38-31)35-21-29-36-25-19-22(11-13-26(25)39(29)2)32(42)40(17-15-30(41)44-3)28-10-7-8-16-34-28/h7-8,10-14,16,19-20,35H,4-6,9,15,17-18,21H2,1-3H3,(H,37,38,43). The number of hydrogen-bond donors (Lipinski definition) is 2. The maximum Gasteiger partial charge on any atom is 0.412 e. The van der Waals surface area contributed by atoms with E-state index >= 15 is 0 Å². The number of aryl methyl sites for hydroxylation is 1. The van der Waals surface area contributed by atoms with Crippen LogP contribution in [-0.2, 0) is 27.9 Å². The number of imidazole rings is 1. The van der Waals surface area contributed by atoms with Crippen molar-refractivity contribution in [3.05, 3.63) is 72.2 Å². The SMILES string of the molecule is CCCCCCOC(=O)Nc1noc2ccc(NCc3nc4cc(C(=O)N(CCC(=O)OC)c5ccccn5)ccc4n3C)cc12. The van der Waals surface area contributed by atoms with Crippen LogP contribution in [0.4, 0.5) is 22.1 Å². The lowest BCUT2D eigenvalue weighted by molar-refractivity contribution is -0.140. The molecule has 0 radical (unpaired) electrons. The van der Waals surface area contributed by atoms with Crippen LogP contribution < -0.4 is 15.5 Å². The average Bonchev–Trinajstić information content (AvgIpc) is 3.62. The highest BCUT2D eigenvalue weighted by Crippen LogP contribution is 2.27. The van der Waals surface area contributed by atoms with Crippen LogP contribution in [0.25, 0.3) is 22.0 Å². The van der Waals surface area contributed by atoms with Crippen LogP contribution in [0, 0.1) is 0 Å². The first-order chi connectivity index (χ1) is 22.4. The second-order valence-electron chi connectivity index (χ2n) is 10.7. The Morgan fingerprint density at radius 3 is 2.70 bits per heavy atom. The summed E-state index contributed by atoms with van der Waals surface area (Å²) in [7, 11) is 3.22. The van der Waals surface area contributed by atoms with E-state index in [-0.39, 0.29) is 24.7 Å². The molecule has 46 heavy (non-hydrogen) atoms. The zero-order valence-electron chi connectivity index (χ0n) is 26.1. The van der Waals surface area contributed by atoms with E-state index in [1.807, 2.05) is 29.8 Å². The summed E-state index contributed by atoms with van der Waals surface area (Å²) >= 11 is 0. The Morgan fingerprint density at radius 2 is 1.91 bits per heavy atom. The maximum absolute atomic E-state index is 13.6. The summed E-state index contributed by atoms with van der Waals surface area (Å²) < 4.78 is 17.4. The number of fused-ring (bicyclic) bond motifs is 2. The molecule has 0 atom stereocenters. The lowest BCUT2D eigenvalue weighted by Gasteiger charge is -2.21. The summed E-state index contributed by atoms with van der Waals surface area (Å²) in [5, 5.41) is 10.6. The molecule has 240 valence electrons. The molecule has 2 N–H and O–H groups in total. The fourth-order valence-corrected chi connectivity index (χ4v) is 4.98. The fraction of sp³-hybridized carbons (Fsp3) is 0.333. The number of ether oxygens (including phenoxy) is 2. The summed E-state index contributed by atoms with van der Waals surface area (Å²) in [4.78, 5) is 48.2. The second-order valence-corrected chi connectivity index (χ2v) is 10.7. The Balaban J connectivity index is 1.28. The third-order valence-corrected chi connectivity index (χ3v) is 7.53. The topological polar surface area (TPSA) is 154 Å². The van der Waals surface area contributed by atoms with Gasteiger partial charge in [0, 0.05) is 31.0 Å². The highest BCUT2D eigenvalue weighted by Gasteiger charge is 2.21. The number of benzene rings is 2. The largest absolute Gasteiger partial charge is 0.469 e. The number of anilines is 3. The molecule has 0 aliphatic carbocycles. The molecule has 5 aromatic rings. The van der Waals surface area contributed by atoms with Crippen LogP contribution in [0.1, 0.15) is 55.2 Å². The van der Waals surface area contributed by atoms with Crippen molar-refractivity contribution in [3.8, 4) is 0 Å². The van der Waals surface area contributed by atoms with Gasteiger partial charge in [-0.05, 0) is 55.0 Å². The Bertz CT molecular complexity index is 1820. The number of carbonyl (C=O) groups excluding carboxylic acids is 3. The third-order valence-electron chi connectivity index (χ3n) is 7.53. The number of methoxy groups -OCH3 is 1. The number of unbranched alkanes of at least 4 members (excludes halogenated alkanes) is 3. The molecule has 0 spiro atoms. The van der Waals surface area contributed by atoms with Crippen molar-refractivity contribution in [1.29, 1.82) is 0 Å². The number of nitrogens with one attached hydrogen (secondary N) is 2. The van der Waals surface area contributed by atoms with Gasteiger partial charge >= 0.3 is 12.1 Å². The smallest absolute Gasteiger partial charge is 0.412 e. The highest BCUT2D eigenvalue weighted by molar-refractivity contribution is 6.07. The summed E-state index contributed by atoms with van der Waals surface area (Å²) in [6.07, 6.45) is 5.09. The van der Waals surface area contributed by atoms with E-state index in [4.69, 9.17) is 19.0 Å². The predicted molar refractivity (Wildman–Crippen MR) is 174 cm³/mol. The van der Waals surface area contributed by atoms with Gasteiger partial charge in [-0.15, -0.1) is 0 Å². The molecule has 0 aliphatic heterocycles. The molecule has 2 aromatic carbocycles. The van der Waals surface area contributed by atoms with Gasteiger partial charge in [0.1, 0.15) is 11.6 Å². The number of carbonyl (C=O) groups is 3. The first-order valence-electron chi connectivity index (χ1n) is 15.2. The van der Waals surface area contributed by atoms with Crippen molar-refractivity contribution in [2.45, 2.75) is 45.6 Å². The summed E-state index contributed by atoms with van der Waals surface area (Å²) in [6, 6.07) is 16.0. The Labute approximate surface area is 265 Å². The molecule has 0 saturated carbocycles. The molecule has 3 heterocycles. The van der Waals surface area contributed by atoms with Crippen molar-refractivity contribution in [1.82, 2.24) is 19.7 Å². The van der Waals surface area contributed by atoms with Gasteiger partial charge in [-0.1, -0.05) is 37.4 Å². The molecule has 3 aromatic heterocycles.